The van der Waals surface area contributed by atoms with Crippen LogP contribution in [0.2, 0.25) is 0 Å². The molecule has 0 radical (unpaired) electrons. The quantitative estimate of drug-likeness (QED) is 0.761. The molecule has 2 rings (SSSR count). The van der Waals surface area contributed by atoms with E-state index in [2.05, 4.69) is 11.4 Å². The van der Waals surface area contributed by atoms with Crippen molar-refractivity contribution in [2.75, 3.05) is 6.54 Å². The standard InChI is InChI=1S/C12H14N2O/c13-8-9-3-5-10(6-4-9)12(15)11-2-1-7-14-11/h3-6,11-12,14-15H,1-2,7H2. The summed E-state index contributed by atoms with van der Waals surface area (Å²) in [4.78, 5) is 0. The molecule has 0 aliphatic carbocycles. The zero-order chi connectivity index (χ0) is 10.7. The highest BCUT2D eigenvalue weighted by Crippen LogP contribution is 2.22. The van der Waals surface area contributed by atoms with E-state index in [4.69, 9.17) is 5.26 Å². The molecule has 0 bridgehead atoms. The Kier molecular flexibility index (Phi) is 3.00. The third-order valence-corrected chi connectivity index (χ3v) is 2.86. The Morgan fingerprint density at radius 3 is 2.67 bits per heavy atom. The maximum atomic E-state index is 10.0. The Bertz CT molecular complexity index is 360. The number of aliphatic hydroxyl groups is 1. The lowest BCUT2D eigenvalue weighted by Gasteiger charge is -2.18. The predicted octanol–water partition coefficient (Wildman–Crippen LogP) is 1.34. The summed E-state index contributed by atoms with van der Waals surface area (Å²) in [5.41, 5.74) is 1.51. The molecule has 1 aromatic carbocycles. The summed E-state index contributed by atoms with van der Waals surface area (Å²) in [6, 6.07) is 9.36. The predicted molar refractivity (Wildman–Crippen MR) is 57.1 cm³/mol. The molecule has 2 atom stereocenters. The van der Waals surface area contributed by atoms with Crippen LogP contribution >= 0.6 is 0 Å². The van der Waals surface area contributed by atoms with Crippen LogP contribution in [-0.4, -0.2) is 17.7 Å². The normalized spacial score (nSPS) is 22.3. The number of hydrogen-bond acceptors (Lipinski definition) is 3. The van der Waals surface area contributed by atoms with Gasteiger partial charge in [-0.2, -0.15) is 5.26 Å². The maximum Gasteiger partial charge on any atom is 0.0991 e. The van der Waals surface area contributed by atoms with E-state index >= 15 is 0 Å². The Balaban J connectivity index is 2.11. The van der Waals surface area contributed by atoms with Crippen molar-refractivity contribution in [2.24, 2.45) is 0 Å². The van der Waals surface area contributed by atoms with Crippen molar-refractivity contribution in [3.63, 3.8) is 0 Å². The first-order chi connectivity index (χ1) is 7.31. The lowest BCUT2D eigenvalue weighted by molar-refractivity contribution is 0.137. The highest BCUT2D eigenvalue weighted by atomic mass is 16.3. The minimum atomic E-state index is -0.458. The van der Waals surface area contributed by atoms with Gasteiger partial charge in [0.05, 0.1) is 17.7 Å². The van der Waals surface area contributed by atoms with E-state index in [9.17, 15) is 5.11 Å². The highest BCUT2D eigenvalue weighted by Gasteiger charge is 2.23. The molecule has 2 unspecified atom stereocenters. The molecule has 2 N–H and O–H groups in total. The second-order valence-corrected chi connectivity index (χ2v) is 3.88. The van der Waals surface area contributed by atoms with Crippen molar-refractivity contribution in [3.05, 3.63) is 35.4 Å². The van der Waals surface area contributed by atoms with Crippen LogP contribution in [0.3, 0.4) is 0 Å². The lowest BCUT2D eigenvalue weighted by atomic mass is 10.0. The van der Waals surface area contributed by atoms with Crippen LogP contribution in [0.4, 0.5) is 0 Å². The molecule has 0 amide bonds. The van der Waals surface area contributed by atoms with E-state index in [0.29, 0.717) is 5.56 Å². The van der Waals surface area contributed by atoms with E-state index in [0.717, 1.165) is 24.9 Å². The first kappa shape index (κ1) is 10.2. The second-order valence-electron chi connectivity index (χ2n) is 3.88. The first-order valence-electron chi connectivity index (χ1n) is 5.23. The van der Waals surface area contributed by atoms with E-state index < -0.39 is 6.10 Å². The number of hydrogen-bond donors (Lipinski definition) is 2. The topological polar surface area (TPSA) is 56.0 Å². The molecule has 1 aliphatic rings. The largest absolute Gasteiger partial charge is 0.387 e. The van der Waals surface area contributed by atoms with Crippen LogP contribution in [0.25, 0.3) is 0 Å². The molecule has 1 aromatic rings. The third kappa shape index (κ3) is 2.17. The van der Waals surface area contributed by atoms with Crippen LogP contribution < -0.4 is 5.32 Å². The Labute approximate surface area is 89.4 Å². The molecule has 0 aromatic heterocycles. The van der Waals surface area contributed by atoms with Gasteiger partial charge in [0.2, 0.25) is 0 Å². The van der Waals surface area contributed by atoms with Crippen molar-refractivity contribution in [1.82, 2.24) is 5.32 Å². The molecule has 1 fully saturated rings. The Morgan fingerprint density at radius 2 is 2.13 bits per heavy atom. The second kappa shape index (κ2) is 4.43. The molecule has 78 valence electrons. The number of rotatable bonds is 2. The van der Waals surface area contributed by atoms with Crippen molar-refractivity contribution in [1.29, 1.82) is 5.26 Å². The number of nitrogens with one attached hydrogen (secondary N) is 1. The summed E-state index contributed by atoms with van der Waals surface area (Å²) in [5.74, 6) is 0. The lowest BCUT2D eigenvalue weighted by Crippen LogP contribution is -2.28. The maximum absolute atomic E-state index is 10.0. The number of nitrogens with zero attached hydrogens (tertiary/aromatic N) is 1. The number of benzene rings is 1. The van der Waals surface area contributed by atoms with Crippen LogP contribution in [0.5, 0.6) is 0 Å². The zero-order valence-electron chi connectivity index (χ0n) is 8.48. The van der Waals surface area contributed by atoms with Gasteiger partial charge in [-0.1, -0.05) is 12.1 Å². The molecule has 15 heavy (non-hydrogen) atoms. The van der Waals surface area contributed by atoms with E-state index in [1.165, 1.54) is 0 Å². The van der Waals surface area contributed by atoms with E-state index in [1.54, 1.807) is 12.1 Å². The molecule has 0 saturated carbocycles. The molecular weight excluding hydrogens is 188 g/mol. The molecular formula is C12H14N2O. The summed E-state index contributed by atoms with van der Waals surface area (Å²) in [5, 5.41) is 22.0. The van der Waals surface area contributed by atoms with E-state index in [1.807, 2.05) is 12.1 Å². The summed E-state index contributed by atoms with van der Waals surface area (Å²) < 4.78 is 0. The molecule has 1 saturated heterocycles. The van der Waals surface area contributed by atoms with Gasteiger partial charge >= 0.3 is 0 Å². The van der Waals surface area contributed by atoms with Gasteiger partial charge in [-0.3, -0.25) is 0 Å². The highest BCUT2D eigenvalue weighted by molar-refractivity contribution is 5.32. The average Bonchev–Trinajstić information content (AvgIpc) is 2.82. The first-order valence-corrected chi connectivity index (χ1v) is 5.23. The van der Waals surface area contributed by atoms with Crippen molar-refractivity contribution < 1.29 is 5.11 Å². The van der Waals surface area contributed by atoms with Gasteiger partial charge in [0.15, 0.2) is 0 Å². The summed E-state index contributed by atoms with van der Waals surface area (Å²) in [7, 11) is 0. The van der Waals surface area contributed by atoms with Crippen LogP contribution in [0.1, 0.15) is 30.1 Å². The van der Waals surface area contributed by atoms with Gasteiger partial charge < -0.3 is 10.4 Å². The third-order valence-electron chi connectivity index (χ3n) is 2.86. The fourth-order valence-electron chi connectivity index (χ4n) is 1.97. The number of nitriles is 1. The monoisotopic (exact) mass is 202 g/mol. The fourth-order valence-corrected chi connectivity index (χ4v) is 1.97. The summed E-state index contributed by atoms with van der Waals surface area (Å²) in [6.07, 6.45) is 1.68. The summed E-state index contributed by atoms with van der Waals surface area (Å²) in [6.45, 7) is 0.984. The van der Waals surface area contributed by atoms with E-state index in [-0.39, 0.29) is 6.04 Å². The number of aliphatic hydroxyl groups excluding tert-OH is 1. The minimum Gasteiger partial charge on any atom is -0.387 e. The van der Waals surface area contributed by atoms with Crippen LogP contribution in [-0.2, 0) is 0 Å². The Hall–Kier alpha value is -1.37. The SMILES string of the molecule is N#Cc1ccc(C(O)C2CCCN2)cc1. The van der Waals surface area contributed by atoms with Crippen LogP contribution in [0.15, 0.2) is 24.3 Å². The van der Waals surface area contributed by atoms with Gasteiger partial charge in [0.1, 0.15) is 0 Å². The van der Waals surface area contributed by atoms with Gasteiger partial charge in [-0.05, 0) is 37.1 Å². The average molecular weight is 202 g/mol. The van der Waals surface area contributed by atoms with Crippen LogP contribution in [0, 0.1) is 11.3 Å². The van der Waals surface area contributed by atoms with Gasteiger partial charge in [0, 0.05) is 6.04 Å². The van der Waals surface area contributed by atoms with Gasteiger partial charge in [-0.15, -0.1) is 0 Å². The van der Waals surface area contributed by atoms with Gasteiger partial charge in [0.25, 0.3) is 0 Å². The molecule has 0 spiro atoms. The summed E-state index contributed by atoms with van der Waals surface area (Å²) >= 11 is 0. The fraction of sp³-hybridized carbons (Fsp3) is 0.417. The smallest absolute Gasteiger partial charge is 0.0991 e. The minimum absolute atomic E-state index is 0.165. The Morgan fingerprint density at radius 1 is 1.40 bits per heavy atom. The van der Waals surface area contributed by atoms with Crippen molar-refractivity contribution in [3.8, 4) is 6.07 Å². The molecule has 3 heteroatoms. The zero-order valence-corrected chi connectivity index (χ0v) is 8.48. The molecule has 1 aliphatic heterocycles. The van der Waals surface area contributed by atoms with Crippen molar-refractivity contribution >= 4 is 0 Å². The molecule has 1 heterocycles. The molecule has 3 nitrogen and oxygen atoms in total. The van der Waals surface area contributed by atoms with Crippen molar-refractivity contribution in [2.45, 2.75) is 25.0 Å². The van der Waals surface area contributed by atoms with Gasteiger partial charge in [-0.25, -0.2) is 0 Å².